The molecule has 1 fully saturated rings. The van der Waals surface area contributed by atoms with Gasteiger partial charge in [-0.25, -0.2) is 0 Å². The van der Waals surface area contributed by atoms with Crippen molar-refractivity contribution in [3.8, 4) is 5.75 Å². The second-order valence-electron chi connectivity index (χ2n) is 4.71. The third-order valence-electron chi connectivity index (χ3n) is 3.42. The van der Waals surface area contributed by atoms with E-state index in [-0.39, 0.29) is 6.61 Å². The molecule has 3 atom stereocenters. The molecule has 1 aliphatic rings. The van der Waals surface area contributed by atoms with Crippen LogP contribution < -0.4 is 4.74 Å². The minimum atomic E-state index is -0.795. The predicted octanol–water partition coefficient (Wildman–Crippen LogP) is 1.34. The summed E-state index contributed by atoms with van der Waals surface area (Å²) in [5.41, 5.74) is 0. The maximum absolute atomic E-state index is 9.91. The summed E-state index contributed by atoms with van der Waals surface area (Å²) < 4.78 is 11.0. The van der Waals surface area contributed by atoms with E-state index in [9.17, 15) is 5.11 Å². The Hall–Kier alpha value is -1.62. The molecule has 4 nitrogen and oxygen atoms in total. The summed E-state index contributed by atoms with van der Waals surface area (Å²) in [5, 5.41) is 21.2. The van der Waals surface area contributed by atoms with Gasteiger partial charge in [0.25, 0.3) is 0 Å². The standard InChI is InChI=1S/C15H16O4/c16-8-13-15(17)14(9-18-13)19-12-6-5-10-3-1-2-4-11(10)7-12/h1-7,13-17H,8-9H2/t13-,14+,15-/m1/s1. The first kappa shape index (κ1) is 12.4. The molecule has 100 valence electrons. The largest absolute Gasteiger partial charge is 0.485 e. The van der Waals surface area contributed by atoms with Gasteiger partial charge in [0.1, 0.15) is 18.0 Å². The van der Waals surface area contributed by atoms with Crippen LogP contribution in [0.3, 0.4) is 0 Å². The summed E-state index contributed by atoms with van der Waals surface area (Å²) in [6, 6.07) is 13.8. The molecule has 2 N–H and O–H groups in total. The van der Waals surface area contributed by atoms with Crippen molar-refractivity contribution in [3.05, 3.63) is 42.5 Å². The van der Waals surface area contributed by atoms with E-state index < -0.39 is 18.3 Å². The van der Waals surface area contributed by atoms with E-state index >= 15 is 0 Å². The molecular weight excluding hydrogens is 244 g/mol. The molecule has 1 saturated heterocycles. The molecule has 0 aromatic heterocycles. The van der Waals surface area contributed by atoms with Crippen LogP contribution in [0.15, 0.2) is 42.5 Å². The molecule has 0 saturated carbocycles. The molecule has 0 aliphatic carbocycles. The zero-order chi connectivity index (χ0) is 13.2. The third kappa shape index (κ3) is 2.42. The summed E-state index contributed by atoms with van der Waals surface area (Å²) >= 11 is 0. The number of hydrogen-bond donors (Lipinski definition) is 2. The molecule has 1 aliphatic heterocycles. The van der Waals surface area contributed by atoms with Crippen LogP contribution in [-0.4, -0.2) is 41.7 Å². The number of hydrogen-bond acceptors (Lipinski definition) is 4. The lowest BCUT2D eigenvalue weighted by Gasteiger charge is -2.17. The molecule has 2 aromatic carbocycles. The van der Waals surface area contributed by atoms with Crippen molar-refractivity contribution >= 4 is 10.8 Å². The Balaban J connectivity index is 1.78. The van der Waals surface area contributed by atoms with Gasteiger partial charge in [-0.05, 0) is 22.9 Å². The highest BCUT2D eigenvalue weighted by Gasteiger charge is 2.37. The molecule has 2 aromatic rings. The summed E-state index contributed by atoms with van der Waals surface area (Å²) in [6.45, 7) is 0.0952. The number of rotatable bonds is 3. The van der Waals surface area contributed by atoms with Crippen molar-refractivity contribution in [1.29, 1.82) is 0 Å². The number of ether oxygens (including phenoxy) is 2. The van der Waals surface area contributed by atoms with Crippen molar-refractivity contribution < 1.29 is 19.7 Å². The van der Waals surface area contributed by atoms with Gasteiger partial charge in [0.15, 0.2) is 6.10 Å². The number of aliphatic hydroxyl groups excluding tert-OH is 2. The highest BCUT2D eigenvalue weighted by molar-refractivity contribution is 5.83. The van der Waals surface area contributed by atoms with Crippen LogP contribution in [0.4, 0.5) is 0 Å². The lowest BCUT2D eigenvalue weighted by molar-refractivity contribution is -0.00327. The monoisotopic (exact) mass is 260 g/mol. The number of fused-ring (bicyclic) bond motifs is 1. The summed E-state index contributed by atoms with van der Waals surface area (Å²) in [4.78, 5) is 0. The average Bonchev–Trinajstić information content (AvgIpc) is 2.79. The molecule has 19 heavy (non-hydrogen) atoms. The molecule has 0 spiro atoms. The second kappa shape index (κ2) is 5.17. The zero-order valence-corrected chi connectivity index (χ0v) is 10.4. The molecule has 0 unspecified atom stereocenters. The SMILES string of the molecule is OC[C@H]1OC[C@H](Oc2ccc3ccccc3c2)[C@@H]1O. The maximum atomic E-state index is 9.91. The lowest BCUT2D eigenvalue weighted by Crippen LogP contribution is -2.35. The topological polar surface area (TPSA) is 58.9 Å². The van der Waals surface area contributed by atoms with Gasteiger partial charge in [0, 0.05) is 0 Å². The Labute approximate surface area is 111 Å². The smallest absolute Gasteiger partial charge is 0.150 e. The molecule has 4 heteroatoms. The van der Waals surface area contributed by atoms with Crippen molar-refractivity contribution in [3.63, 3.8) is 0 Å². The first-order valence-electron chi connectivity index (χ1n) is 6.34. The van der Waals surface area contributed by atoms with Crippen LogP contribution in [0.1, 0.15) is 0 Å². The third-order valence-corrected chi connectivity index (χ3v) is 3.42. The van der Waals surface area contributed by atoms with Crippen molar-refractivity contribution in [2.24, 2.45) is 0 Å². The van der Waals surface area contributed by atoms with Gasteiger partial charge in [-0.3, -0.25) is 0 Å². The van der Waals surface area contributed by atoms with E-state index in [1.807, 2.05) is 42.5 Å². The zero-order valence-electron chi connectivity index (χ0n) is 10.4. The fourth-order valence-corrected chi connectivity index (χ4v) is 2.33. The average molecular weight is 260 g/mol. The first-order chi connectivity index (χ1) is 9.28. The van der Waals surface area contributed by atoms with Crippen molar-refractivity contribution in [2.45, 2.75) is 18.3 Å². The van der Waals surface area contributed by atoms with Gasteiger partial charge in [0.2, 0.25) is 0 Å². The fourth-order valence-electron chi connectivity index (χ4n) is 2.33. The van der Waals surface area contributed by atoms with Gasteiger partial charge < -0.3 is 19.7 Å². The summed E-state index contributed by atoms with van der Waals surface area (Å²) in [5.74, 6) is 0.699. The lowest BCUT2D eigenvalue weighted by atomic mass is 10.1. The highest BCUT2D eigenvalue weighted by Crippen LogP contribution is 2.24. The van der Waals surface area contributed by atoms with E-state index in [0.717, 1.165) is 10.8 Å². The summed E-state index contributed by atoms with van der Waals surface area (Å²) in [6.07, 6.45) is -1.78. The van der Waals surface area contributed by atoms with Crippen LogP contribution in [0.5, 0.6) is 5.75 Å². The summed E-state index contributed by atoms with van der Waals surface area (Å²) in [7, 11) is 0. The Morgan fingerprint density at radius 2 is 1.95 bits per heavy atom. The predicted molar refractivity (Wildman–Crippen MR) is 71.2 cm³/mol. The molecular formula is C15H16O4. The van der Waals surface area contributed by atoms with Gasteiger partial charge in [-0.2, -0.15) is 0 Å². The Morgan fingerprint density at radius 3 is 2.68 bits per heavy atom. The normalized spacial score (nSPS) is 26.7. The number of benzene rings is 2. The van der Waals surface area contributed by atoms with Crippen LogP contribution in [0, 0.1) is 0 Å². The van der Waals surface area contributed by atoms with Crippen molar-refractivity contribution in [2.75, 3.05) is 13.2 Å². The Bertz CT molecular complexity index is 569. The van der Waals surface area contributed by atoms with E-state index in [1.54, 1.807) is 0 Å². The van der Waals surface area contributed by atoms with Gasteiger partial charge in [0.05, 0.1) is 13.2 Å². The molecule has 3 rings (SSSR count). The van der Waals surface area contributed by atoms with Crippen LogP contribution in [0.25, 0.3) is 10.8 Å². The number of aliphatic hydroxyl groups is 2. The molecule has 1 heterocycles. The Kier molecular flexibility index (Phi) is 3.38. The van der Waals surface area contributed by atoms with Crippen LogP contribution in [-0.2, 0) is 4.74 Å². The molecule has 0 radical (unpaired) electrons. The van der Waals surface area contributed by atoms with Gasteiger partial charge in [-0.15, -0.1) is 0 Å². The van der Waals surface area contributed by atoms with Crippen molar-refractivity contribution in [1.82, 2.24) is 0 Å². The van der Waals surface area contributed by atoms with E-state index in [2.05, 4.69) is 0 Å². The van der Waals surface area contributed by atoms with E-state index in [1.165, 1.54) is 0 Å². The second-order valence-corrected chi connectivity index (χ2v) is 4.71. The van der Waals surface area contributed by atoms with Crippen LogP contribution in [0.2, 0.25) is 0 Å². The fraction of sp³-hybridized carbons (Fsp3) is 0.333. The van der Waals surface area contributed by atoms with Crippen LogP contribution >= 0.6 is 0 Å². The van der Waals surface area contributed by atoms with E-state index in [0.29, 0.717) is 12.4 Å². The quantitative estimate of drug-likeness (QED) is 0.874. The van der Waals surface area contributed by atoms with Gasteiger partial charge >= 0.3 is 0 Å². The molecule has 0 bridgehead atoms. The minimum absolute atomic E-state index is 0.196. The molecule has 0 amide bonds. The minimum Gasteiger partial charge on any atom is -0.485 e. The highest BCUT2D eigenvalue weighted by atomic mass is 16.6. The first-order valence-corrected chi connectivity index (χ1v) is 6.34. The van der Waals surface area contributed by atoms with E-state index in [4.69, 9.17) is 14.6 Å². The maximum Gasteiger partial charge on any atom is 0.150 e. The van der Waals surface area contributed by atoms with Gasteiger partial charge in [-0.1, -0.05) is 30.3 Å². The Morgan fingerprint density at radius 1 is 1.16 bits per heavy atom.